The van der Waals surface area contributed by atoms with E-state index in [0.29, 0.717) is 5.92 Å². The molecule has 0 atom stereocenters. The van der Waals surface area contributed by atoms with Crippen LogP contribution in [0.2, 0.25) is 5.02 Å². The first-order valence-corrected chi connectivity index (χ1v) is 6.61. The Morgan fingerprint density at radius 3 is 2.76 bits per heavy atom. The molecule has 0 saturated heterocycles. The summed E-state index contributed by atoms with van der Waals surface area (Å²) in [4.78, 5) is 4.51. The van der Waals surface area contributed by atoms with Crippen LogP contribution < -0.4 is 10.6 Å². The fraction of sp³-hybridized carbons (Fsp3) is 0.615. The van der Waals surface area contributed by atoms with Crippen LogP contribution in [0.25, 0.3) is 0 Å². The lowest BCUT2D eigenvalue weighted by Crippen LogP contribution is -2.16. The summed E-state index contributed by atoms with van der Waals surface area (Å²) < 4.78 is 0. The minimum atomic E-state index is 0.606. The summed E-state index contributed by atoms with van der Waals surface area (Å²) in [5.74, 6) is 1.51. The smallest absolute Gasteiger partial charge is 0.126 e. The zero-order chi connectivity index (χ0) is 12.7. The van der Waals surface area contributed by atoms with Crippen LogP contribution in [0.15, 0.2) is 12.1 Å². The molecule has 0 aromatic carbocycles. The summed E-state index contributed by atoms with van der Waals surface area (Å²) in [5, 5.41) is 7.34. The van der Waals surface area contributed by atoms with E-state index in [1.165, 1.54) is 0 Å². The Hall–Kier alpha value is -0.800. The van der Waals surface area contributed by atoms with E-state index >= 15 is 0 Å². The molecule has 1 aromatic rings. The van der Waals surface area contributed by atoms with Crippen LogP contribution in [-0.4, -0.2) is 18.1 Å². The third kappa shape index (κ3) is 5.37. The van der Waals surface area contributed by atoms with E-state index in [1.54, 1.807) is 0 Å². The Kier molecular flexibility index (Phi) is 6.30. The Morgan fingerprint density at radius 1 is 1.35 bits per heavy atom. The maximum Gasteiger partial charge on any atom is 0.126 e. The van der Waals surface area contributed by atoms with Crippen molar-refractivity contribution in [2.45, 2.75) is 33.7 Å². The van der Waals surface area contributed by atoms with E-state index in [0.717, 1.165) is 42.6 Å². The van der Waals surface area contributed by atoms with Crippen LogP contribution in [0.4, 0.5) is 5.82 Å². The van der Waals surface area contributed by atoms with Crippen LogP contribution in [-0.2, 0) is 6.54 Å². The van der Waals surface area contributed by atoms with Crippen molar-refractivity contribution in [1.29, 1.82) is 0 Å². The van der Waals surface area contributed by atoms with Crippen LogP contribution in [0.1, 0.15) is 32.9 Å². The number of aromatic nitrogens is 1. The predicted octanol–water partition coefficient (Wildman–Crippen LogP) is 3.30. The number of halogens is 1. The van der Waals surface area contributed by atoms with Crippen LogP contribution in [0.3, 0.4) is 0 Å². The van der Waals surface area contributed by atoms with E-state index in [2.05, 4.69) is 36.4 Å². The number of nitrogens with zero attached hydrogens (tertiary/aromatic N) is 1. The van der Waals surface area contributed by atoms with Gasteiger partial charge in [0.25, 0.3) is 0 Å². The zero-order valence-electron chi connectivity index (χ0n) is 10.9. The molecule has 1 heterocycles. The third-order valence-electron chi connectivity index (χ3n) is 2.33. The second-order valence-corrected chi connectivity index (χ2v) is 4.98. The van der Waals surface area contributed by atoms with E-state index in [1.807, 2.05) is 12.1 Å². The molecule has 0 aliphatic heterocycles. The highest BCUT2D eigenvalue weighted by Crippen LogP contribution is 2.16. The van der Waals surface area contributed by atoms with Gasteiger partial charge in [-0.15, -0.1) is 0 Å². The third-order valence-corrected chi connectivity index (χ3v) is 2.67. The van der Waals surface area contributed by atoms with Crippen molar-refractivity contribution in [3.63, 3.8) is 0 Å². The lowest BCUT2D eigenvalue weighted by Gasteiger charge is -2.11. The molecule has 0 saturated carbocycles. The highest BCUT2D eigenvalue weighted by Gasteiger charge is 2.04. The molecule has 0 bridgehead atoms. The SMILES string of the molecule is CCCNCc1nc(NCC(C)C)ccc1Cl. The number of anilines is 1. The first-order chi connectivity index (χ1) is 8.13. The van der Waals surface area contributed by atoms with Crippen molar-refractivity contribution in [3.8, 4) is 0 Å². The number of nitrogens with one attached hydrogen (secondary N) is 2. The van der Waals surface area contributed by atoms with Crippen molar-refractivity contribution >= 4 is 17.4 Å². The van der Waals surface area contributed by atoms with Crippen molar-refractivity contribution in [2.75, 3.05) is 18.4 Å². The van der Waals surface area contributed by atoms with Crippen LogP contribution in [0.5, 0.6) is 0 Å². The van der Waals surface area contributed by atoms with Crippen LogP contribution in [0, 0.1) is 5.92 Å². The van der Waals surface area contributed by atoms with Gasteiger partial charge in [0.15, 0.2) is 0 Å². The Morgan fingerprint density at radius 2 is 2.12 bits per heavy atom. The van der Waals surface area contributed by atoms with Crippen molar-refractivity contribution in [1.82, 2.24) is 10.3 Å². The second-order valence-electron chi connectivity index (χ2n) is 4.58. The minimum absolute atomic E-state index is 0.606. The molecule has 0 aliphatic rings. The fourth-order valence-electron chi connectivity index (χ4n) is 1.40. The molecule has 0 radical (unpaired) electrons. The van der Waals surface area contributed by atoms with Gasteiger partial charge in [-0.3, -0.25) is 0 Å². The monoisotopic (exact) mass is 255 g/mol. The summed E-state index contributed by atoms with van der Waals surface area (Å²) in [6.45, 7) is 9.13. The molecule has 1 aromatic heterocycles. The Balaban J connectivity index is 2.59. The van der Waals surface area contributed by atoms with Gasteiger partial charge in [-0.05, 0) is 31.0 Å². The molecule has 0 aliphatic carbocycles. The Bertz CT molecular complexity index is 339. The maximum atomic E-state index is 6.11. The average Bonchev–Trinajstić information content (AvgIpc) is 2.30. The summed E-state index contributed by atoms with van der Waals surface area (Å²) >= 11 is 6.11. The molecule has 4 heteroatoms. The lowest BCUT2D eigenvalue weighted by atomic mass is 10.2. The van der Waals surface area contributed by atoms with Gasteiger partial charge in [0.05, 0.1) is 10.7 Å². The van der Waals surface area contributed by atoms with Gasteiger partial charge < -0.3 is 10.6 Å². The number of pyridine rings is 1. The normalized spacial score (nSPS) is 10.9. The van der Waals surface area contributed by atoms with E-state index < -0.39 is 0 Å². The molecular weight excluding hydrogens is 234 g/mol. The largest absolute Gasteiger partial charge is 0.370 e. The number of rotatable bonds is 7. The standard InChI is InChI=1S/C13H22ClN3/c1-4-7-15-9-12-11(14)5-6-13(17-12)16-8-10(2)3/h5-6,10,15H,4,7-9H2,1-3H3,(H,16,17). The molecule has 1 rings (SSSR count). The van der Waals surface area contributed by atoms with Crippen molar-refractivity contribution in [3.05, 3.63) is 22.8 Å². The molecule has 0 amide bonds. The van der Waals surface area contributed by atoms with Gasteiger partial charge in [-0.1, -0.05) is 32.4 Å². The molecule has 0 spiro atoms. The van der Waals surface area contributed by atoms with E-state index in [-0.39, 0.29) is 0 Å². The lowest BCUT2D eigenvalue weighted by molar-refractivity contribution is 0.662. The molecule has 0 unspecified atom stereocenters. The number of hydrogen-bond donors (Lipinski definition) is 2. The first-order valence-electron chi connectivity index (χ1n) is 6.23. The average molecular weight is 256 g/mol. The molecular formula is C13H22ClN3. The molecule has 96 valence electrons. The van der Waals surface area contributed by atoms with Gasteiger partial charge in [0.1, 0.15) is 5.82 Å². The molecule has 17 heavy (non-hydrogen) atoms. The van der Waals surface area contributed by atoms with Gasteiger partial charge in [0.2, 0.25) is 0 Å². The van der Waals surface area contributed by atoms with Gasteiger partial charge >= 0.3 is 0 Å². The minimum Gasteiger partial charge on any atom is -0.370 e. The summed E-state index contributed by atoms with van der Waals surface area (Å²) in [6, 6.07) is 3.83. The van der Waals surface area contributed by atoms with Gasteiger partial charge in [-0.2, -0.15) is 0 Å². The van der Waals surface area contributed by atoms with E-state index in [4.69, 9.17) is 11.6 Å². The van der Waals surface area contributed by atoms with E-state index in [9.17, 15) is 0 Å². The zero-order valence-corrected chi connectivity index (χ0v) is 11.6. The summed E-state index contributed by atoms with van der Waals surface area (Å²) in [7, 11) is 0. The fourth-order valence-corrected chi connectivity index (χ4v) is 1.57. The van der Waals surface area contributed by atoms with Crippen LogP contribution >= 0.6 is 11.6 Å². The quantitative estimate of drug-likeness (QED) is 0.734. The number of hydrogen-bond acceptors (Lipinski definition) is 3. The van der Waals surface area contributed by atoms with Gasteiger partial charge in [0, 0.05) is 13.1 Å². The summed E-state index contributed by atoms with van der Waals surface area (Å²) in [6.07, 6.45) is 1.11. The topological polar surface area (TPSA) is 37.0 Å². The molecule has 3 nitrogen and oxygen atoms in total. The van der Waals surface area contributed by atoms with Gasteiger partial charge in [-0.25, -0.2) is 4.98 Å². The summed E-state index contributed by atoms with van der Waals surface area (Å²) in [5.41, 5.74) is 0.911. The highest BCUT2D eigenvalue weighted by atomic mass is 35.5. The van der Waals surface area contributed by atoms with Crippen molar-refractivity contribution < 1.29 is 0 Å². The molecule has 2 N–H and O–H groups in total. The second kappa shape index (κ2) is 7.51. The van der Waals surface area contributed by atoms with Crippen molar-refractivity contribution in [2.24, 2.45) is 5.92 Å². The first kappa shape index (κ1) is 14.3. The highest BCUT2D eigenvalue weighted by molar-refractivity contribution is 6.31. The molecule has 0 fully saturated rings. The maximum absolute atomic E-state index is 6.11. The Labute approximate surface area is 109 Å². The predicted molar refractivity (Wildman–Crippen MR) is 74.6 cm³/mol.